The summed E-state index contributed by atoms with van der Waals surface area (Å²) >= 11 is 0. The topological polar surface area (TPSA) is 75.9 Å². The number of likely N-dealkylation sites (tertiary alicyclic amines) is 1. The van der Waals surface area contributed by atoms with Crippen molar-refractivity contribution in [2.24, 2.45) is 11.7 Å². The molecular weight excluding hydrogens is 306 g/mol. The van der Waals surface area contributed by atoms with Gasteiger partial charge in [0.2, 0.25) is 5.91 Å². The van der Waals surface area contributed by atoms with Crippen LogP contribution in [-0.2, 0) is 9.53 Å². The van der Waals surface area contributed by atoms with Crippen LogP contribution in [0.4, 0.5) is 4.79 Å². The Morgan fingerprint density at radius 3 is 2.67 bits per heavy atom. The second-order valence-electron chi connectivity index (χ2n) is 6.70. The van der Waals surface area contributed by atoms with E-state index in [1.807, 2.05) is 42.2 Å². The summed E-state index contributed by atoms with van der Waals surface area (Å²) in [6.07, 6.45) is 1.53. The number of benzene rings is 1. The molecule has 3 unspecified atom stereocenters. The van der Waals surface area contributed by atoms with Gasteiger partial charge < -0.3 is 20.3 Å². The van der Waals surface area contributed by atoms with Gasteiger partial charge in [0.25, 0.3) is 0 Å². The number of hydrogen-bond donors (Lipinski definition) is 1. The maximum atomic E-state index is 13.0. The molecule has 0 spiro atoms. The molecule has 2 heterocycles. The van der Waals surface area contributed by atoms with E-state index >= 15 is 0 Å². The van der Waals surface area contributed by atoms with Gasteiger partial charge in [-0.25, -0.2) is 4.79 Å². The molecule has 3 atom stereocenters. The first-order valence-corrected chi connectivity index (χ1v) is 8.57. The quantitative estimate of drug-likeness (QED) is 0.897. The number of hydrogen-bond acceptors (Lipinski definition) is 3. The number of carbonyl (C=O) groups excluding carboxylic acids is 2. The van der Waals surface area contributed by atoms with Gasteiger partial charge in [-0.1, -0.05) is 30.3 Å². The molecular formula is C18H25N3O3. The van der Waals surface area contributed by atoms with Crippen molar-refractivity contribution < 1.29 is 14.3 Å². The average Bonchev–Trinajstić information content (AvgIpc) is 2.62. The number of nitrogens with two attached hydrogens (primary N) is 1. The molecule has 0 radical (unpaired) electrons. The molecule has 130 valence electrons. The Bertz CT molecular complexity index is 592. The van der Waals surface area contributed by atoms with Gasteiger partial charge in [-0.3, -0.25) is 4.79 Å². The van der Waals surface area contributed by atoms with Crippen LogP contribution in [0.2, 0.25) is 0 Å². The molecule has 2 aliphatic heterocycles. The minimum atomic E-state index is -0.440. The molecule has 0 aliphatic carbocycles. The predicted octanol–water partition coefficient (Wildman–Crippen LogP) is 1.77. The van der Waals surface area contributed by atoms with Crippen LogP contribution in [0.1, 0.15) is 31.4 Å². The summed E-state index contributed by atoms with van der Waals surface area (Å²) in [5, 5.41) is 0. The number of nitrogens with zero attached hydrogens (tertiary/aromatic N) is 2. The third-order valence-electron chi connectivity index (χ3n) is 4.97. The van der Waals surface area contributed by atoms with Gasteiger partial charge in [-0.15, -0.1) is 0 Å². The van der Waals surface area contributed by atoms with Gasteiger partial charge in [0.1, 0.15) is 6.10 Å². The normalized spacial score (nSPS) is 27.8. The average molecular weight is 331 g/mol. The zero-order chi connectivity index (χ0) is 17.1. The highest BCUT2D eigenvalue weighted by Gasteiger charge is 2.36. The Kier molecular flexibility index (Phi) is 5.04. The second kappa shape index (κ2) is 7.21. The Balaban J connectivity index is 1.69. The van der Waals surface area contributed by atoms with E-state index in [4.69, 9.17) is 10.5 Å². The van der Waals surface area contributed by atoms with Crippen molar-refractivity contribution in [3.05, 3.63) is 35.9 Å². The first-order chi connectivity index (χ1) is 11.6. The molecule has 0 bridgehead atoms. The van der Waals surface area contributed by atoms with Crippen molar-refractivity contribution in [1.82, 2.24) is 9.80 Å². The molecule has 3 amide bonds. The fraction of sp³-hybridized carbons (Fsp3) is 0.556. The van der Waals surface area contributed by atoms with Gasteiger partial charge in [-0.2, -0.15) is 0 Å². The van der Waals surface area contributed by atoms with Crippen molar-refractivity contribution in [1.29, 1.82) is 0 Å². The number of primary amides is 1. The summed E-state index contributed by atoms with van der Waals surface area (Å²) in [5.74, 6) is -0.0547. The van der Waals surface area contributed by atoms with Crippen LogP contribution in [0, 0.1) is 5.92 Å². The molecule has 24 heavy (non-hydrogen) atoms. The molecule has 1 aromatic rings. The predicted molar refractivity (Wildman–Crippen MR) is 90.2 cm³/mol. The molecule has 2 saturated heterocycles. The van der Waals surface area contributed by atoms with Crippen LogP contribution in [-0.4, -0.2) is 54.0 Å². The molecule has 6 nitrogen and oxygen atoms in total. The summed E-state index contributed by atoms with van der Waals surface area (Å²) in [7, 11) is 0. The van der Waals surface area contributed by atoms with Crippen molar-refractivity contribution in [3.63, 3.8) is 0 Å². The van der Waals surface area contributed by atoms with Crippen molar-refractivity contribution in [2.45, 2.75) is 31.9 Å². The van der Waals surface area contributed by atoms with Gasteiger partial charge in [-0.05, 0) is 25.3 Å². The van der Waals surface area contributed by atoms with Crippen LogP contribution < -0.4 is 5.73 Å². The zero-order valence-electron chi connectivity index (χ0n) is 14.1. The summed E-state index contributed by atoms with van der Waals surface area (Å²) in [6.45, 7) is 4.15. The summed E-state index contributed by atoms with van der Waals surface area (Å²) in [6, 6.07) is 9.59. The van der Waals surface area contributed by atoms with Crippen LogP contribution in [0.5, 0.6) is 0 Å². The molecule has 1 aromatic carbocycles. The molecule has 0 saturated carbocycles. The van der Waals surface area contributed by atoms with E-state index in [9.17, 15) is 9.59 Å². The first kappa shape index (κ1) is 16.8. The SMILES string of the molecule is CC1COC(c2ccccc2)CN1C(=O)C1CCCN(C(N)=O)C1. The number of ether oxygens (including phenoxy) is 1. The minimum Gasteiger partial charge on any atom is -0.370 e. The van der Waals surface area contributed by atoms with Crippen LogP contribution in [0.25, 0.3) is 0 Å². The monoisotopic (exact) mass is 331 g/mol. The molecule has 2 aliphatic rings. The smallest absolute Gasteiger partial charge is 0.314 e. The van der Waals surface area contributed by atoms with E-state index in [2.05, 4.69) is 0 Å². The number of morpholine rings is 1. The number of amides is 3. The highest BCUT2D eigenvalue weighted by Crippen LogP contribution is 2.28. The Morgan fingerprint density at radius 2 is 1.96 bits per heavy atom. The Labute approximate surface area is 142 Å². The van der Waals surface area contributed by atoms with E-state index in [0.717, 1.165) is 18.4 Å². The molecule has 2 N–H and O–H groups in total. The lowest BCUT2D eigenvalue weighted by atomic mass is 9.95. The van der Waals surface area contributed by atoms with Gasteiger partial charge in [0.05, 0.1) is 25.1 Å². The van der Waals surface area contributed by atoms with E-state index in [1.54, 1.807) is 4.90 Å². The van der Waals surface area contributed by atoms with E-state index < -0.39 is 6.03 Å². The number of rotatable bonds is 2. The van der Waals surface area contributed by atoms with Crippen LogP contribution in [0.15, 0.2) is 30.3 Å². The maximum absolute atomic E-state index is 13.0. The third-order valence-corrected chi connectivity index (χ3v) is 4.97. The largest absolute Gasteiger partial charge is 0.370 e. The van der Waals surface area contributed by atoms with Gasteiger partial charge in [0.15, 0.2) is 0 Å². The Hall–Kier alpha value is -2.08. The van der Waals surface area contributed by atoms with Gasteiger partial charge >= 0.3 is 6.03 Å². The van der Waals surface area contributed by atoms with Crippen molar-refractivity contribution in [2.75, 3.05) is 26.2 Å². The lowest BCUT2D eigenvalue weighted by Crippen LogP contribution is -2.53. The number of urea groups is 1. The fourth-order valence-electron chi connectivity index (χ4n) is 3.55. The third kappa shape index (κ3) is 3.53. The van der Waals surface area contributed by atoms with Crippen LogP contribution in [0.3, 0.4) is 0 Å². The molecule has 0 aromatic heterocycles. The summed E-state index contributed by atoms with van der Waals surface area (Å²) in [5.41, 5.74) is 6.46. The highest BCUT2D eigenvalue weighted by atomic mass is 16.5. The maximum Gasteiger partial charge on any atom is 0.314 e. The van der Waals surface area contributed by atoms with E-state index in [-0.39, 0.29) is 24.0 Å². The molecule has 2 fully saturated rings. The molecule has 3 rings (SSSR count). The standard InChI is InChI=1S/C18H25N3O3/c1-13-12-24-16(14-6-3-2-4-7-14)11-21(13)17(22)15-8-5-9-20(10-15)18(19)23/h2-4,6-7,13,15-16H,5,8-12H2,1H3,(H2,19,23). The summed E-state index contributed by atoms with van der Waals surface area (Å²) in [4.78, 5) is 27.9. The number of carbonyl (C=O) groups is 2. The second-order valence-corrected chi connectivity index (χ2v) is 6.70. The van der Waals surface area contributed by atoms with Crippen molar-refractivity contribution >= 4 is 11.9 Å². The zero-order valence-corrected chi connectivity index (χ0v) is 14.1. The van der Waals surface area contributed by atoms with E-state index in [1.165, 1.54) is 0 Å². The lowest BCUT2D eigenvalue weighted by Gasteiger charge is -2.41. The highest BCUT2D eigenvalue weighted by molar-refractivity contribution is 5.81. The Morgan fingerprint density at radius 1 is 1.21 bits per heavy atom. The van der Waals surface area contributed by atoms with Crippen LogP contribution >= 0.6 is 0 Å². The fourth-order valence-corrected chi connectivity index (χ4v) is 3.55. The van der Waals surface area contributed by atoms with Gasteiger partial charge in [0, 0.05) is 13.1 Å². The minimum absolute atomic E-state index is 0.0430. The van der Waals surface area contributed by atoms with Crippen molar-refractivity contribution in [3.8, 4) is 0 Å². The molecule has 6 heteroatoms. The number of piperidine rings is 1. The lowest BCUT2D eigenvalue weighted by molar-refractivity contribution is -0.150. The van der Waals surface area contributed by atoms with E-state index in [0.29, 0.717) is 26.2 Å². The summed E-state index contributed by atoms with van der Waals surface area (Å²) < 4.78 is 5.92. The first-order valence-electron chi connectivity index (χ1n) is 8.57.